The van der Waals surface area contributed by atoms with Gasteiger partial charge in [-0.15, -0.1) is 11.3 Å². The Morgan fingerprint density at radius 1 is 1.38 bits per heavy atom. The Morgan fingerprint density at radius 2 is 2.19 bits per heavy atom. The van der Waals surface area contributed by atoms with Crippen LogP contribution < -0.4 is 11.1 Å². The van der Waals surface area contributed by atoms with E-state index >= 15 is 0 Å². The lowest BCUT2D eigenvalue weighted by atomic mass is 10.1. The Kier molecular flexibility index (Phi) is 5.44. The number of aromatic amines is 1. The number of anilines is 1. The molecule has 3 aromatic rings. The summed E-state index contributed by atoms with van der Waals surface area (Å²) in [6, 6.07) is 9.00. The van der Waals surface area contributed by atoms with Gasteiger partial charge in [0.2, 0.25) is 5.82 Å². The van der Waals surface area contributed by atoms with Gasteiger partial charge >= 0.3 is 19.9 Å². The van der Waals surface area contributed by atoms with E-state index in [2.05, 4.69) is 34.8 Å². The average Bonchev–Trinajstić information content (AvgIpc) is 3.28. The molecule has 1 aromatic carbocycles. The number of amides is 1. The van der Waals surface area contributed by atoms with Crippen LogP contribution in [0.3, 0.4) is 0 Å². The first-order valence-corrected chi connectivity index (χ1v) is 7.97. The molecule has 12 heteroatoms. The molecule has 1 amide bonds. The van der Waals surface area contributed by atoms with Crippen molar-refractivity contribution in [3.05, 3.63) is 63.3 Å². The minimum Gasteiger partial charge on any atom is -0.528 e. The number of oxime groups is 1. The third-order valence-electron chi connectivity index (χ3n) is 2.95. The molecule has 0 fully saturated rings. The molecule has 2 aromatic heterocycles. The van der Waals surface area contributed by atoms with Crippen LogP contribution in [0.5, 0.6) is 0 Å². The van der Waals surface area contributed by atoms with Gasteiger partial charge in [-0.2, -0.15) is 0 Å². The van der Waals surface area contributed by atoms with Gasteiger partial charge in [-0.05, 0) is 0 Å². The summed E-state index contributed by atoms with van der Waals surface area (Å²) < 4.78 is 8.51. The molecule has 130 valence electrons. The fraction of sp³-hybridized carbons (Fsp3) is 0.0714. The fourth-order valence-corrected chi connectivity index (χ4v) is 2.55. The van der Waals surface area contributed by atoms with Crippen LogP contribution in [0.15, 0.2) is 50.2 Å². The minimum absolute atomic E-state index is 0.0221. The van der Waals surface area contributed by atoms with E-state index in [1.807, 2.05) is 6.07 Å². The topological polar surface area (TPSA) is 132 Å². The SMILES string of the molecule is [B]OC(=O)Nc1nc(CO/N=C(\c2ccccc2)c2noc(=O)[nH]2)cs1. The number of H-pyrrole nitrogens is 1. The highest BCUT2D eigenvalue weighted by molar-refractivity contribution is 7.13. The molecule has 2 heterocycles. The number of thiazole rings is 1. The second-order valence-electron chi connectivity index (χ2n) is 4.70. The van der Waals surface area contributed by atoms with E-state index in [4.69, 9.17) is 12.9 Å². The standard InChI is InChI=1S/C14H10BN5O5S/c15-24-13(21)18-12-16-9(7-26-12)6-23-19-10(8-4-2-1-3-5-8)11-17-14(22)25-20-11/h1-5,7H,6H2,(H,16,18,21)(H,17,20,22)/b19-10+. The number of hydrogen-bond acceptors (Lipinski definition) is 9. The van der Waals surface area contributed by atoms with Crippen LogP contribution in [0.4, 0.5) is 9.93 Å². The lowest BCUT2D eigenvalue weighted by Crippen LogP contribution is -2.11. The molecule has 10 nitrogen and oxygen atoms in total. The molecule has 0 atom stereocenters. The van der Waals surface area contributed by atoms with Gasteiger partial charge in [0.15, 0.2) is 17.5 Å². The molecular weight excluding hydrogens is 361 g/mol. The van der Waals surface area contributed by atoms with Crippen molar-refractivity contribution in [2.45, 2.75) is 6.61 Å². The maximum atomic E-state index is 11.2. The Labute approximate surface area is 151 Å². The molecule has 0 aliphatic rings. The zero-order valence-corrected chi connectivity index (χ0v) is 13.9. The first-order chi connectivity index (χ1) is 12.7. The highest BCUT2D eigenvalue weighted by atomic mass is 32.1. The number of rotatable bonds is 6. The number of nitrogens with zero attached hydrogens (tertiary/aromatic N) is 3. The fourth-order valence-electron chi connectivity index (χ4n) is 1.87. The summed E-state index contributed by atoms with van der Waals surface area (Å²) in [5.74, 6) is -0.571. The van der Waals surface area contributed by atoms with Crippen LogP contribution in [0.1, 0.15) is 17.1 Å². The largest absolute Gasteiger partial charge is 0.528 e. The third-order valence-corrected chi connectivity index (χ3v) is 3.75. The van der Waals surface area contributed by atoms with E-state index in [1.165, 1.54) is 11.3 Å². The molecule has 2 N–H and O–H groups in total. The number of aromatic nitrogens is 3. The van der Waals surface area contributed by atoms with Gasteiger partial charge in [0.25, 0.3) is 0 Å². The third kappa shape index (κ3) is 4.36. The van der Waals surface area contributed by atoms with Crippen LogP contribution >= 0.6 is 11.3 Å². The van der Waals surface area contributed by atoms with Gasteiger partial charge < -0.3 is 9.49 Å². The highest BCUT2D eigenvalue weighted by Gasteiger charge is 2.13. The van der Waals surface area contributed by atoms with Crippen molar-refractivity contribution in [3.63, 3.8) is 0 Å². The van der Waals surface area contributed by atoms with Crippen LogP contribution in [0, 0.1) is 0 Å². The summed E-state index contributed by atoms with van der Waals surface area (Å²) in [5.41, 5.74) is 1.48. The van der Waals surface area contributed by atoms with Crippen molar-refractivity contribution in [1.29, 1.82) is 0 Å². The lowest BCUT2D eigenvalue weighted by molar-refractivity contribution is 0.128. The molecule has 0 saturated heterocycles. The van der Waals surface area contributed by atoms with E-state index < -0.39 is 11.8 Å². The summed E-state index contributed by atoms with van der Waals surface area (Å²) in [7, 11) is 4.74. The maximum Gasteiger partial charge on any atom is 0.439 e. The first kappa shape index (κ1) is 17.4. The number of nitrogens with one attached hydrogen (secondary N) is 2. The number of benzene rings is 1. The second kappa shape index (κ2) is 8.12. The maximum absolute atomic E-state index is 11.2. The molecule has 0 saturated carbocycles. The van der Waals surface area contributed by atoms with E-state index in [-0.39, 0.29) is 18.1 Å². The monoisotopic (exact) mass is 371 g/mol. The average molecular weight is 371 g/mol. The van der Waals surface area contributed by atoms with Gasteiger partial charge in [0.05, 0.1) is 5.69 Å². The Hall–Kier alpha value is -3.41. The quantitative estimate of drug-likeness (QED) is 0.380. The highest BCUT2D eigenvalue weighted by Crippen LogP contribution is 2.16. The molecule has 3 rings (SSSR count). The number of carbonyl (C=O) groups excluding carboxylic acids is 1. The van der Waals surface area contributed by atoms with Crippen molar-refractivity contribution in [2.24, 2.45) is 5.16 Å². The Morgan fingerprint density at radius 3 is 2.88 bits per heavy atom. The van der Waals surface area contributed by atoms with Crippen LogP contribution in [0.25, 0.3) is 0 Å². The van der Waals surface area contributed by atoms with Crippen molar-refractivity contribution in [3.8, 4) is 0 Å². The van der Waals surface area contributed by atoms with E-state index in [9.17, 15) is 9.59 Å². The smallest absolute Gasteiger partial charge is 0.439 e. The van der Waals surface area contributed by atoms with Crippen molar-refractivity contribution >= 4 is 36.3 Å². The lowest BCUT2D eigenvalue weighted by Gasteiger charge is -2.03. The van der Waals surface area contributed by atoms with E-state index in [1.54, 1.807) is 29.6 Å². The summed E-state index contributed by atoms with van der Waals surface area (Å²) >= 11 is 1.17. The Bertz CT molecular complexity index is 967. The summed E-state index contributed by atoms with van der Waals surface area (Å²) in [5, 5.41) is 11.9. The molecule has 0 unspecified atom stereocenters. The molecule has 0 aliphatic heterocycles. The van der Waals surface area contributed by atoms with Crippen molar-refractivity contribution in [1.82, 2.24) is 15.1 Å². The molecular formula is C14H10BN5O5S. The van der Waals surface area contributed by atoms with Gasteiger partial charge in [-0.1, -0.05) is 40.6 Å². The zero-order valence-electron chi connectivity index (χ0n) is 13.0. The van der Waals surface area contributed by atoms with Crippen LogP contribution in [-0.2, 0) is 16.1 Å². The summed E-state index contributed by atoms with van der Waals surface area (Å²) in [6.07, 6.45) is -0.828. The molecule has 2 radical (unpaired) electrons. The van der Waals surface area contributed by atoms with Crippen molar-refractivity contribution < 1.29 is 18.8 Å². The van der Waals surface area contributed by atoms with Gasteiger partial charge in [0, 0.05) is 10.9 Å². The van der Waals surface area contributed by atoms with E-state index in [0.717, 1.165) is 0 Å². The Balaban J connectivity index is 1.73. The second-order valence-corrected chi connectivity index (χ2v) is 5.56. The van der Waals surface area contributed by atoms with Crippen molar-refractivity contribution in [2.75, 3.05) is 5.32 Å². The van der Waals surface area contributed by atoms with Gasteiger partial charge in [-0.3, -0.25) is 14.8 Å². The zero-order chi connectivity index (χ0) is 18.4. The predicted octanol–water partition coefficient (Wildman–Crippen LogP) is 1.42. The van der Waals surface area contributed by atoms with E-state index in [0.29, 0.717) is 16.4 Å². The molecule has 0 spiro atoms. The molecule has 0 bridgehead atoms. The van der Waals surface area contributed by atoms with Gasteiger partial charge in [-0.25, -0.2) is 14.6 Å². The number of hydrogen-bond donors (Lipinski definition) is 2. The summed E-state index contributed by atoms with van der Waals surface area (Å²) in [6.45, 7) is 0.0221. The van der Waals surface area contributed by atoms with Crippen LogP contribution in [0.2, 0.25) is 0 Å². The van der Waals surface area contributed by atoms with Gasteiger partial charge in [0.1, 0.15) is 0 Å². The molecule has 26 heavy (non-hydrogen) atoms. The first-order valence-electron chi connectivity index (χ1n) is 7.09. The van der Waals surface area contributed by atoms with Crippen LogP contribution in [-0.4, -0.2) is 35.0 Å². The minimum atomic E-state index is -0.828. The summed E-state index contributed by atoms with van der Waals surface area (Å²) in [4.78, 5) is 34.1. The number of carbonyl (C=O) groups is 1. The normalized spacial score (nSPS) is 11.2. The molecule has 0 aliphatic carbocycles. The predicted molar refractivity (Wildman–Crippen MR) is 92.0 cm³/mol.